The standard InChI is InChI=1S/C18H17F3N2S/c1-17(2,3)24-16-10-22-7-6-13(16)15-9-11-8-12(18(19,20)21)4-5-14(11)23-15/h4-10,23H,1-3H3. The number of pyridine rings is 1. The highest BCUT2D eigenvalue weighted by molar-refractivity contribution is 8.00. The van der Waals surface area contributed by atoms with Crippen LogP contribution in [-0.4, -0.2) is 14.7 Å². The Kier molecular flexibility index (Phi) is 4.11. The normalized spacial score (nSPS) is 12.8. The number of thioether (sulfide) groups is 1. The molecule has 0 spiro atoms. The Morgan fingerprint density at radius 3 is 2.46 bits per heavy atom. The van der Waals surface area contributed by atoms with Gasteiger partial charge in [-0.2, -0.15) is 13.2 Å². The molecule has 0 fully saturated rings. The van der Waals surface area contributed by atoms with Crippen LogP contribution in [0.4, 0.5) is 13.2 Å². The molecule has 0 aliphatic heterocycles. The van der Waals surface area contributed by atoms with Crippen LogP contribution in [0.25, 0.3) is 22.2 Å². The van der Waals surface area contributed by atoms with Gasteiger partial charge in [0.25, 0.3) is 0 Å². The topological polar surface area (TPSA) is 28.7 Å². The number of alkyl halides is 3. The molecule has 0 bridgehead atoms. The van der Waals surface area contributed by atoms with Crippen molar-refractivity contribution in [3.05, 3.63) is 48.3 Å². The van der Waals surface area contributed by atoms with Gasteiger partial charge in [-0.15, -0.1) is 11.8 Å². The highest BCUT2D eigenvalue weighted by Crippen LogP contribution is 2.39. The fourth-order valence-electron chi connectivity index (χ4n) is 2.47. The van der Waals surface area contributed by atoms with E-state index in [4.69, 9.17) is 0 Å². The first kappa shape index (κ1) is 16.9. The van der Waals surface area contributed by atoms with Gasteiger partial charge in [-0.3, -0.25) is 4.98 Å². The molecule has 0 aliphatic carbocycles. The number of benzene rings is 1. The summed E-state index contributed by atoms with van der Waals surface area (Å²) >= 11 is 1.68. The molecule has 1 aromatic carbocycles. The van der Waals surface area contributed by atoms with Crippen molar-refractivity contribution in [2.75, 3.05) is 0 Å². The molecule has 6 heteroatoms. The molecule has 0 amide bonds. The van der Waals surface area contributed by atoms with Crippen LogP contribution >= 0.6 is 11.8 Å². The summed E-state index contributed by atoms with van der Waals surface area (Å²) in [6, 6.07) is 7.38. The van der Waals surface area contributed by atoms with Crippen molar-refractivity contribution in [2.24, 2.45) is 0 Å². The zero-order chi connectivity index (χ0) is 17.5. The van der Waals surface area contributed by atoms with E-state index >= 15 is 0 Å². The number of aromatic amines is 1. The molecule has 0 saturated heterocycles. The van der Waals surface area contributed by atoms with E-state index < -0.39 is 11.7 Å². The zero-order valence-corrected chi connectivity index (χ0v) is 14.3. The minimum atomic E-state index is -4.34. The predicted molar refractivity (Wildman–Crippen MR) is 92.1 cm³/mol. The van der Waals surface area contributed by atoms with Gasteiger partial charge in [-0.1, -0.05) is 20.8 Å². The average Bonchev–Trinajstić information content (AvgIpc) is 2.87. The summed E-state index contributed by atoms with van der Waals surface area (Å²) in [6.07, 6.45) is -0.859. The summed E-state index contributed by atoms with van der Waals surface area (Å²) in [5.74, 6) is 0. The minimum Gasteiger partial charge on any atom is -0.354 e. The number of halogens is 3. The quantitative estimate of drug-likeness (QED) is 0.562. The summed E-state index contributed by atoms with van der Waals surface area (Å²) in [7, 11) is 0. The summed E-state index contributed by atoms with van der Waals surface area (Å²) in [6.45, 7) is 6.32. The van der Waals surface area contributed by atoms with E-state index in [0.29, 0.717) is 10.9 Å². The molecule has 0 unspecified atom stereocenters. The molecule has 0 atom stereocenters. The van der Waals surface area contributed by atoms with Crippen molar-refractivity contribution in [1.82, 2.24) is 9.97 Å². The fourth-order valence-corrected chi connectivity index (χ4v) is 3.53. The Balaban J connectivity index is 2.08. The molecule has 2 aromatic heterocycles. The van der Waals surface area contributed by atoms with Crippen LogP contribution in [0.1, 0.15) is 26.3 Å². The van der Waals surface area contributed by atoms with E-state index in [9.17, 15) is 13.2 Å². The van der Waals surface area contributed by atoms with Crippen LogP contribution in [0.5, 0.6) is 0 Å². The summed E-state index contributed by atoms with van der Waals surface area (Å²) in [5.41, 5.74) is 1.77. The first-order valence-electron chi connectivity index (χ1n) is 7.47. The Labute approximate surface area is 142 Å². The van der Waals surface area contributed by atoms with Gasteiger partial charge in [0, 0.05) is 44.2 Å². The lowest BCUT2D eigenvalue weighted by atomic mass is 10.1. The summed E-state index contributed by atoms with van der Waals surface area (Å²) < 4.78 is 38.6. The van der Waals surface area contributed by atoms with Crippen LogP contribution < -0.4 is 0 Å². The van der Waals surface area contributed by atoms with Crippen LogP contribution in [0.15, 0.2) is 47.6 Å². The van der Waals surface area contributed by atoms with Crippen molar-refractivity contribution < 1.29 is 13.2 Å². The number of nitrogens with zero attached hydrogens (tertiary/aromatic N) is 1. The van der Waals surface area contributed by atoms with Gasteiger partial charge < -0.3 is 4.98 Å². The minimum absolute atomic E-state index is 0.00720. The van der Waals surface area contributed by atoms with Gasteiger partial charge >= 0.3 is 6.18 Å². The van der Waals surface area contributed by atoms with E-state index in [1.165, 1.54) is 12.1 Å². The third-order valence-corrected chi connectivity index (χ3v) is 4.60. The predicted octanol–water partition coefficient (Wildman–Crippen LogP) is 6.14. The lowest BCUT2D eigenvalue weighted by Gasteiger charge is -2.19. The molecule has 0 aliphatic rings. The van der Waals surface area contributed by atoms with Gasteiger partial charge in [0.2, 0.25) is 0 Å². The Bertz CT molecular complexity index is 876. The van der Waals surface area contributed by atoms with Gasteiger partial charge in [0.05, 0.1) is 5.56 Å². The molecule has 0 saturated carbocycles. The number of hydrogen-bond acceptors (Lipinski definition) is 2. The second kappa shape index (κ2) is 5.84. The van der Waals surface area contributed by atoms with Crippen LogP contribution in [0, 0.1) is 0 Å². The molecular weight excluding hydrogens is 333 g/mol. The first-order valence-corrected chi connectivity index (χ1v) is 8.28. The van der Waals surface area contributed by atoms with E-state index in [-0.39, 0.29) is 4.75 Å². The van der Waals surface area contributed by atoms with Gasteiger partial charge in [0.15, 0.2) is 0 Å². The number of hydrogen-bond donors (Lipinski definition) is 1. The van der Waals surface area contributed by atoms with Gasteiger partial charge in [-0.25, -0.2) is 0 Å². The average molecular weight is 350 g/mol. The largest absolute Gasteiger partial charge is 0.416 e. The number of rotatable bonds is 2. The van der Waals surface area contributed by atoms with Gasteiger partial charge in [0.1, 0.15) is 0 Å². The molecule has 2 nitrogen and oxygen atoms in total. The smallest absolute Gasteiger partial charge is 0.354 e. The molecular formula is C18H17F3N2S. The highest BCUT2D eigenvalue weighted by Gasteiger charge is 2.30. The van der Waals surface area contributed by atoms with Crippen LogP contribution in [0.2, 0.25) is 0 Å². The molecule has 3 rings (SSSR count). The Hall–Kier alpha value is -1.95. The van der Waals surface area contributed by atoms with Crippen molar-refractivity contribution in [1.29, 1.82) is 0 Å². The number of H-pyrrole nitrogens is 1. The lowest BCUT2D eigenvalue weighted by Crippen LogP contribution is -2.07. The first-order chi connectivity index (χ1) is 11.1. The third kappa shape index (κ3) is 3.59. The third-order valence-electron chi connectivity index (χ3n) is 3.44. The molecule has 126 valence electrons. The molecule has 0 radical (unpaired) electrons. The Morgan fingerprint density at radius 2 is 1.79 bits per heavy atom. The number of nitrogens with one attached hydrogen (secondary N) is 1. The SMILES string of the molecule is CC(C)(C)Sc1cnccc1-c1cc2cc(C(F)(F)F)ccc2[nH]1. The zero-order valence-electron chi connectivity index (χ0n) is 13.5. The van der Waals surface area contributed by atoms with E-state index in [2.05, 4.69) is 30.7 Å². The maximum atomic E-state index is 12.9. The van der Waals surface area contributed by atoms with Crippen LogP contribution in [0.3, 0.4) is 0 Å². The maximum Gasteiger partial charge on any atom is 0.416 e. The second-order valence-corrected chi connectivity index (χ2v) is 8.44. The van der Waals surface area contributed by atoms with Crippen molar-refractivity contribution in [3.63, 3.8) is 0 Å². The van der Waals surface area contributed by atoms with Crippen molar-refractivity contribution >= 4 is 22.7 Å². The van der Waals surface area contributed by atoms with Gasteiger partial charge in [-0.05, 0) is 30.3 Å². The maximum absolute atomic E-state index is 12.9. The highest BCUT2D eigenvalue weighted by atomic mass is 32.2. The molecule has 3 aromatic rings. The monoisotopic (exact) mass is 350 g/mol. The van der Waals surface area contributed by atoms with Crippen LogP contribution in [-0.2, 0) is 6.18 Å². The lowest BCUT2D eigenvalue weighted by molar-refractivity contribution is -0.137. The van der Waals surface area contributed by atoms with E-state index in [0.717, 1.165) is 22.2 Å². The second-order valence-electron chi connectivity index (χ2n) is 6.57. The fraction of sp³-hybridized carbons (Fsp3) is 0.278. The summed E-state index contributed by atoms with van der Waals surface area (Å²) in [4.78, 5) is 8.37. The Morgan fingerprint density at radius 1 is 1.04 bits per heavy atom. The number of aromatic nitrogens is 2. The molecule has 24 heavy (non-hydrogen) atoms. The van der Waals surface area contributed by atoms with E-state index in [1.54, 1.807) is 30.2 Å². The van der Waals surface area contributed by atoms with Crippen molar-refractivity contribution in [2.45, 2.75) is 36.6 Å². The molecule has 2 heterocycles. The number of fused-ring (bicyclic) bond motifs is 1. The summed E-state index contributed by atoms with van der Waals surface area (Å²) in [5, 5.41) is 0.545. The van der Waals surface area contributed by atoms with Crippen molar-refractivity contribution in [3.8, 4) is 11.3 Å². The van der Waals surface area contributed by atoms with E-state index in [1.807, 2.05) is 6.07 Å². The molecule has 1 N–H and O–H groups in total.